The summed E-state index contributed by atoms with van der Waals surface area (Å²) in [6, 6.07) is 12.4. The predicted molar refractivity (Wildman–Crippen MR) is 89.6 cm³/mol. The number of hydrogen-bond donors (Lipinski definition) is 2. The molecule has 1 aliphatic rings. The molecule has 1 aromatic heterocycles. The third-order valence-electron chi connectivity index (χ3n) is 3.65. The lowest BCUT2D eigenvalue weighted by molar-refractivity contribution is 0.102. The van der Waals surface area contributed by atoms with Crippen LogP contribution in [0, 0.1) is 0 Å². The summed E-state index contributed by atoms with van der Waals surface area (Å²) in [5, 5.41) is 10.3. The highest BCUT2D eigenvalue weighted by molar-refractivity contribution is 6.30. The quantitative estimate of drug-likeness (QED) is 0.761. The van der Waals surface area contributed by atoms with E-state index in [1.54, 1.807) is 30.3 Å². The number of amides is 1. The van der Waals surface area contributed by atoms with Crippen molar-refractivity contribution in [3.05, 3.63) is 59.2 Å². The maximum Gasteiger partial charge on any atom is 0.259 e. The Labute approximate surface area is 142 Å². The number of fused-ring (bicyclic) bond motifs is 1. The molecule has 24 heavy (non-hydrogen) atoms. The maximum absolute atomic E-state index is 12.6. The molecule has 1 aliphatic heterocycles. The van der Waals surface area contributed by atoms with Gasteiger partial charge in [-0.15, -0.1) is 0 Å². The Bertz CT molecular complexity index is 906. The van der Waals surface area contributed by atoms with Gasteiger partial charge in [0, 0.05) is 22.3 Å². The molecular weight excluding hydrogens is 330 g/mol. The first-order chi connectivity index (χ1) is 11.7. The standard InChI is InChI=1S/C17H12ClN3O3/c18-11-3-1-10(2-4-11)16-13(8-19-21-16)17(22)20-12-5-6-14-15(7-12)24-9-23-14/h1-8H,9H2,(H,19,21)(H,20,22). The molecule has 120 valence electrons. The number of anilines is 1. The van der Waals surface area contributed by atoms with Crippen molar-refractivity contribution in [2.45, 2.75) is 0 Å². The van der Waals surface area contributed by atoms with Crippen molar-refractivity contribution in [3.8, 4) is 22.8 Å². The average Bonchev–Trinajstić information content (AvgIpc) is 3.24. The van der Waals surface area contributed by atoms with Crippen LogP contribution < -0.4 is 14.8 Å². The van der Waals surface area contributed by atoms with Crippen LogP contribution in [0.25, 0.3) is 11.3 Å². The van der Waals surface area contributed by atoms with Crippen molar-refractivity contribution in [3.63, 3.8) is 0 Å². The van der Waals surface area contributed by atoms with Gasteiger partial charge >= 0.3 is 0 Å². The van der Waals surface area contributed by atoms with Crippen LogP contribution in [0.1, 0.15) is 10.4 Å². The highest BCUT2D eigenvalue weighted by Crippen LogP contribution is 2.34. The van der Waals surface area contributed by atoms with Crippen LogP contribution in [0.3, 0.4) is 0 Å². The molecule has 0 saturated carbocycles. The smallest absolute Gasteiger partial charge is 0.259 e. The number of hydrogen-bond acceptors (Lipinski definition) is 4. The normalized spacial score (nSPS) is 12.2. The molecule has 0 spiro atoms. The topological polar surface area (TPSA) is 76.2 Å². The fourth-order valence-corrected chi connectivity index (χ4v) is 2.59. The van der Waals surface area contributed by atoms with Gasteiger partial charge in [-0.05, 0) is 24.3 Å². The van der Waals surface area contributed by atoms with E-state index < -0.39 is 0 Å². The molecule has 0 unspecified atom stereocenters. The van der Waals surface area contributed by atoms with Crippen LogP contribution in [-0.2, 0) is 0 Å². The van der Waals surface area contributed by atoms with Crippen molar-refractivity contribution in [2.75, 3.05) is 12.1 Å². The van der Waals surface area contributed by atoms with Crippen LogP contribution in [0.4, 0.5) is 5.69 Å². The van der Waals surface area contributed by atoms with Gasteiger partial charge in [0.1, 0.15) is 0 Å². The molecule has 2 heterocycles. The zero-order valence-electron chi connectivity index (χ0n) is 12.4. The molecule has 0 fully saturated rings. The number of nitrogens with zero attached hydrogens (tertiary/aromatic N) is 1. The van der Waals surface area contributed by atoms with E-state index in [4.69, 9.17) is 21.1 Å². The average molecular weight is 342 g/mol. The Morgan fingerprint density at radius 3 is 2.75 bits per heavy atom. The second-order valence-corrected chi connectivity index (χ2v) is 5.62. The van der Waals surface area contributed by atoms with E-state index in [1.807, 2.05) is 12.1 Å². The van der Waals surface area contributed by atoms with E-state index in [9.17, 15) is 4.79 Å². The fourth-order valence-electron chi connectivity index (χ4n) is 2.47. The highest BCUT2D eigenvalue weighted by Gasteiger charge is 2.18. The molecule has 0 radical (unpaired) electrons. The van der Waals surface area contributed by atoms with Crippen LogP contribution in [0.15, 0.2) is 48.7 Å². The molecule has 4 rings (SSSR count). The largest absolute Gasteiger partial charge is 0.454 e. The third kappa shape index (κ3) is 2.68. The number of halogens is 1. The van der Waals surface area contributed by atoms with Crippen LogP contribution >= 0.6 is 11.6 Å². The zero-order valence-corrected chi connectivity index (χ0v) is 13.1. The third-order valence-corrected chi connectivity index (χ3v) is 3.90. The van der Waals surface area contributed by atoms with Gasteiger partial charge in [0.05, 0.1) is 17.5 Å². The van der Waals surface area contributed by atoms with Gasteiger partial charge in [-0.25, -0.2) is 0 Å². The number of ether oxygens (including phenoxy) is 2. The molecule has 3 aromatic rings. The van der Waals surface area contributed by atoms with Gasteiger partial charge in [0.2, 0.25) is 6.79 Å². The molecular formula is C17H12ClN3O3. The fraction of sp³-hybridized carbons (Fsp3) is 0.0588. The van der Waals surface area contributed by atoms with E-state index in [2.05, 4.69) is 15.5 Å². The van der Waals surface area contributed by atoms with Crippen molar-refractivity contribution < 1.29 is 14.3 Å². The van der Waals surface area contributed by atoms with E-state index >= 15 is 0 Å². The number of rotatable bonds is 3. The molecule has 0 saturated heterocycles. The number of nitrogens with one attached hydrogen (secondary N) is 2. The second-order valence-electron chi connectivity index (χ2n) is 5.19. The highest BCUT2D eigenvalue weighted by atomic mass is 35.5. The molecule has 6 nitrogen and oxygen atoms in total. The van der Waals surface area contributed by atoms with E-state index in [1.165, 1.54) is 6.20 Å². The first-order valence-corrected chi connectivity index (χ1v) is 7.59. The SMILES string of the molecule is O=C(Nc1ccc2c(c1)OCO2)c1cn[nH]c1-c1ccc(Cl)cc1. The van der Waals surface area contributed by atoms with Crippen LogP contribution in [0.2, 0.25) is 5.02 Å². The molecule has 2 N–H and O–H groups in total. The Morgan fingerprint density at radius 2 is 1.92 bits per heavy atom. The van der Waals surface area contributed by atoms with Gasteiger partial charge in [-0.3, -0.25) is 9.89 Å². The second kappa shape index (κ2) is 5.90. The Kier molecular flexibility index (Phi) is 3.59. The summed E-state index contributed by atoms with van der Waals surface area (Å²) in [5.41, 5.74) is 2.51. The molecule has 7 heteroatoms. The summed E-state index contributed by atoms with van der Waals surface area (Å²) in [7, 11) is 0. The lowest BCUT2D eigenvalue weighted by atomic mass is 10.1. The Balaban J connectivity index is 1.59. The molecule has 0 aliphatic carbocycles. The number of benzene rings is 2. The van der Waals surface area contributed by atoms with Gasteiger partial charge in [0.15, 0.2) is 11.5 Å². The minimum Gasteiger partial charge on any atom is -0.454 e. The van der Waals surface area contributed by atoms with Crippen molar-refractivity contribution in [1.29, 1.82) is 0 Å². The minimum absolute atomic E-state index is 0.190. The molecule has 0 atom stereocenters. The lowest BCUT2D eigenvalue weighted by Gasteiger charge is -2.07. The summed E-state index contributed by atoms with van der Waals surface area (Å²) < 4.78 is 10.6. The maximum atomic E-state index is 12.6. The van der Waals surface area contributed by atoms with Crippen LogP contribution in [0.5, 0.6) is 11.5 Å². The van der Waals surface area contributed by atoms with Crippen molar-refractivity contribution in [2.24, 2.45) is 0 Å². The Hall–Kier alpha value is -2.99. The summed E-state index contributed by atoms with van der Waals surface area (Å²) >= 11 is 5.90. The molecule has 1 amide bonds. The minimum atomic E-state index is -0.271. The van der Waals surface area contributed by atoms with E-state index in [-0.39, 0.29) is 12.7 Å². The van der Waals surface area contributed by atoms with Crippen molar-refractivity contribution in [1.82, 2.24) is 10.2 Å². The number of carbonyl (C=O) groups excluding carboxylic acids is 1. The summed E-state index contributed by atoms with van der Waals surface area (Å²) in [6.45, 7) is 0.190. The number of carbonyl (C=O) groups is 1. The van der Waals surface area contributed by atoms with E-state index in [0.717, 1.165) is 5.56 Å². The molecule has 2 aromatic carbocycles. The first-order valence-electron chi connectivity index (χ1n) is 7.21. The number of aromatic nitrogens is 2. The van der Waals surface area contributed by atoms with Crippen molar-refractivity contribution >= 4 is 23.2 Å². The predicted octanol–water partition coefficient (Wildman–Crippen LogP) is 3.71. The summed E-state index contributed by atoms with van der Waals surface area (Å²) in [6.07, 6.45) is 1.49. The molecule has 0 bridgehead atoms. The monoisotopic (exact) mass is 341 g/mol. The lowest BCUT2D eigenvalue weighted by Crippen LogP contribution is -2.12. The first kappa shape index (κ1) is 14.6. The number of H-pyrrole nitrogens is 1. The summed E-state index contributed by atoms with van der Waals surface area (Å²) in [4.78, 5) is 12.6. The van der Waals surface area contributed by atoms with Gasteiger partial charge < -0.3 is 14.8 Å². The van der Waals surface area contributed by atoms with E-state index in [0.29, 0.717) is 33.5 Å². The van der Waals surface area contributed by atoms with Gasteiger partial charge in [0.25, 0.3) is 5.91 Å². The zero-order chi connectivity index (χ0) is 16.5. The summed E-state index contributed by atoms with van der Waals surface area (Å²) in [5.74, 6) is 1.00. The van der Waals surface area contributed by atoms with Gasteiger partial charge in [-0.1, -0.05) is 23.7 Å². The Morgan fingerprint density at radius 1 is 1.12 bits per heavy atom. The van der Waals surface area contributed by atoms with Gasteiger partial charge in [-0.2, -0.15) is 5.10 Å². The van der Waals surface area contributed by atoms with Crippen LogP contribution in [-0.4, -0.2) is 22.9 Å². The number of aromatic amines is 1.